The van der Waals surface area contributed by atoms with Crippen LogP contribution in [0.4, 0.5) is 13.2 Å². The molecule has 3 heterocycles. The zero-order chi connectivity index (χ0) is 23.1. The minimum atomic E-state index is -4.74. The molecule has 1 aromatic heterocycles. The van der Waals surface area contributed by atoms with Gasteiger partial charge in [-0.2, -0.15) is 24.9 Å². The Hall–Kier alpha value is -1.62. The van der Waals surface area contributed by atoms with E-state index in [9.17, 15) is 18.0 Å². The molecule has 1 atom stereocenters. The van der Waals surface area contributed by atoms with Gasteiger partial charge < -0.3 is 15.1 Å². The number of rotatable bonds is 5. The number of thiophene rings is 1. The molecule has 2 aliphatic rings. The van der Waals surface area contributed by atoms with E-state index in [1.54, 1.807) is 22.7 Å². The Bertz CT molecular complexity index is 1030. The molecule has 1 aromatic carbocycles. The number of oxime groups is 1. The van der Waals surface area contributed by atoms with Crippen molar-refractivity contribution >= 4 is 58.0 Å². The van der Waals surface area contributed by atoms with Crippen LogP contribution in [0.3, 0.4) is 0 Å². The molecule has 2 aliphatic heterocycles. The van der Waals surface area contributed by atoms with Crippen LogP contribution in [0.1, 0.15) is 32.1 Å². The average Bonchev–Trinajstić information content (AvgIpc) is 3.40. The summed E-state index contributed by atoms with van der Waals surface area (Å²) >= 11 is 14.9. The van der Waals surface area contributed by atoms with Gasteiger partial charge in [-0.05, 0) is 36.1 Å². The molecule has 0 fully saturated rings. The Morgan fingerprint density at radius 1 is 1.28 bits per heavy atom. The molecular formula is C20H18Cl2F3N3O2S2. The quantitative estimate of drug-likeness (QED) is 0.514. The second-order valence-corrected chi connectivity index (χ2v) is 10.4. The molecule has 1 unspecified atom stereocenters. The third-order valence-corrected chi connectivity index (χ3v) is 7.48. The van der Waals surface area contributed by atoms with Gasteiger partial charge >= 0.3 is 6.18 Å². The van der Waals surface area contributed by atoms with Crippen molar-refractivity contribution in [1.82, 2.24) is 10.2 Å². The van der Waals surface area contributed by atoms with E-state index < -0.39 is 18.2 Å². The molecule has 0 saturated carbocycles. The zero-order valence-electron chi connectivity index (χ0n) is 16.8. The third-order valence-electron chi connectivity index (χ3n) is 5.27. The number of alkyl halides is 3. The van der Waals surface area contributed by atoms with Crippen molar-refractivity contribution in [2.75, 3.05) is 18.6 Å². The first-order valence-corrected chi connectivity index (χ1v) is 12.5. The van der Waals surface area contributed by atoms with Gasteiger partial charge in [0, 0.05) is 39.3 Å². The first kappa shape index (κ1) is 23.5. The van der Waals surface area contributed by atoms with Crippen LogP contribution in [0.5, 0.6) is 0 Å². The van der Waals surface area contributed by atoms with Crippen molar-refractivity contribution in [3.05, 3.63) is 55.2 Å². The maximum Gasteiger partial charge on any atom is 0.435 e. The molecule has 1 N–H and O–H groups in total. The minimum Gasteiger partial charge on any atom is -0.372 e. The second kappa shape index (κ2) is 8.96. The summed E-state index contributed by atoms with van der Waals surface area (Å²) in [5.74, 6) is 0.872. The van der Waals surface area contributed by atoms with Crippen molar-refractivity contribution in [2.45, 2.75) is 31.3 Å². The maximum atomic E-state index is 14.2. The lowest BCUT2D eigenvalue weighted by molar-refractivity contribution is -0.275. The van der Waals surface area contributed by atoms with Crippen LogP contribution < -0.4 is 5.32 Å². The molecule has 2 aromatic rings. The average molecular weight is 524 g/mol. The topological polar surface area (TPSA) is 53.9 Å². The molecule has 5 nitrogen and oxygen atoms in total. The molecule has 0 spiro atoms. The van der Waals surface area contributed by atoms with Gasteiger partial charge in [0.2, 0.25) is 0 Å². The first-order valence-electron chi connectivity index (χ1n) is 9.55. The van der Waals surface area contributed by atoms with Crippen LogP contribution in [0.15, 0.2) is 29.4 Å². The van der Waals surface area contributed by atoms with E-state index in [0.717, 1.165) is 16.2 Å². The Balaban J connectivity index is 1.49. The van der Waals surface area contributed by atoms with Gasteiger partial charge in [-0.15, -0.1) is 11.3 Å². The normalized spacial score (nSPS) is 20.2. The molecule has 0 bridgehead atoms. The highest BCUT2D eigenvalue weighted by molar-refractivity contribution is 7.98. The Kier molecular flexibility index (Phi) is 6.59. The van der Waals surface area contributed by atoms with E-state index in [2.05, 4.69) is 10.5 Å². The van der Waals surface area contributed by atoms with E-state index in [0.29, 0.717) is 24.5 Å². The van der Waals surface area contributed by atoms with Crippen molar-refractivity contribution in [3.63, 3.8) is 0 Å². The number of nitrogens with zero attached hydrogens (tertiary/aromatic N) is 2. The van der Waals surface area contributed by atoms with Gasteiger partial charge in [-0.1, -0.05) is 28.4 Å². The number of thioether (sulfide) groups is 1. The fourth-order valence-corrected chi connectivity index (χ4v) is 5.60. The highest BCUT2D eigenvalue weighted by Crippen LogP contribution is 2.50. The summed E-state index contributed by atoms with van der Waals surface area (Å²) in [5.41, 5.74) is -1.95. The molecule has 172 valence electrons. The molecule has 0 aliphatic carbocycles. The summed E-state index contributed by atoms with van der Waals surface area (Å²) in [5, 5.41) is 6.83. The van der Waals surface area contributed by atoms with Crippen molar-refractivity contribution in [1.29, 1.82) is 0 Å². The number of fused-ring (bicyclic) bond motifs is 1. The third kappa shape index (κ3) is 4.42. The number of hydrogen-bond donors (Lipinski definition) is 1. The highest BCUT2D eigenvalue weighted by Gasteiger charge is 2.63. The van der Waals surface area contributed by atoms with Crippen LogP contribution in [0.25, 0.3) is 0 Å². The number of amidine groups is 1. The Morgan fingerprint density at radius 2 is 2.00 bits per heavy atom. The molecule has 0 radical (unpaired) electrons. The number of carbonyl (C=O) groups excluding carboxylic acids is 1. The summed E-state index contributed by atoms with van der Waals surface area (Å²) < 4.78 is 42.5. The van der Waals surface area contributed by atoms with E-state index in [1.165, 1.54) is 29.5 Å². The fraction of sp³-hybridized carbons (Fsp3) is 0.400. The van der Waals surface area contributed by atoms with E-state index in [1.807, 2.05) is 6.26 Å². The highest BCUT2D eigenvalue weighted by atomic mass is 35.5. The van der Waals surface area contributed by atoms with Gasteiger partial charge in [0.25, 0.3) is 11.5 Å². The van der Waals surface area contributed by atoms with Crippen molar-refractivity contribution in [3.8, 4) is 0 Å². The lowest BCUT2D eigenvalue weighted by atomic mass is 9.89. The molecule has 32 heavy (non-hydrogen) atoms. The summed E-state index contributed by atoms with van der Waals surface area (Å²) in [6.07, 6.45) is -3.27. The number of benzene rings is 1. The SMILES string of the molecule is CSCCNC(=O)c1cc2c(s1)CN(C1=NOC(c3cc(Cl)cc(Cl)c3)(C(F)(F)F)C1)C2. The Morgan fingerprint density at radius 3 is 2.62 bits per heavy atom. The molecule has 0 saturated heterocycles. The van der Waals surface area contributed by atoms with Gasteiger partial charge in [-0.3, -0.25) is 4.79 Å². The lowest BCUT2D eigenvalue weighted by Crippen LogP contribution is -2.43. The number of carbonyl (C=O) groups is 1. The summed E-state index contributed by atoms with van der Waals surface area (Å²) in [6, 6.07) is 5.55. The van der Waals surface area contributed by atoms with Crippen LogP contribution in [0, 0.1) is 0 Å². The second-order valence-electron chi connectivity index (χ2n) is 7.42. The summed E-state index contributed by atoms with van der Waals surface area (Å²) in [6.45, 7) is 1.30. The van der Waals surface area contributed by atoms with Crippen LogP contribution in [0.2, 0.25) is 10.0 Å². The van der Waals surface area contributed by atoms with Gasteiger partial charge in [0.05, 0.1) is 17.8 Å². The molecule has 4 rings (SSSR count). The summed E-state index contributed by atoms with van der Waals surface area (Å²) in [4.78, 5) is 20.6. The molecular weight excluding hydrogens is 506 g/mol. The Labute approximate surface area is 200 Å². The van der Waals surface area contributed by atoms with Crippen LogP contribution >= 0.6 is 46.3 Å². The zero-order valence-corrected chi connectivity index (χ0v) is 19.9. The number of hydrogen-bond acceptors (Lipinski definition) is 6. The standard InChI is InChI=1S/C20H18Cl2F3N3O2S2/c1-31-3-2-26-18(29)15-4-11-9-28(10-16(11)32-15)17-8-19(30-27-17,20(23,24)25)12-5-13(21)7-14(22)6-12/h4-7H,2-3,8-10H2,1H3,(H,26,29). The molecule has 12 heteroatoms. The largest absolute Gasteiger partial charge is 0.435 e. The van der Waals surface area contributed by atoms with Gasteiger partial charge in [0.1, 0.15) is 5.84 Å². The van der Waals surface area contributed by atoms with Gasteiger partial charge in [0.15, 0.2) is 0 Å². The van der Waals surface area contributed by atoms with E-state index in [4.69, 9.17) is 28.0 Å². The smallest absolute Gasteiger partial charge is 0.372 e. The fourth-order valence-electron chi connectivity index (χ4n) is 3.66. The van der Waals surface area contributed by atoms with Crippen molar-refractivity contribution < 1.29 is 22.8 Å². The predicted octanol–water partition coefficient (Wildman–Crippen LogP) is 5.65. The summed E-state index contributed by atoms with van der Waals surface area (Å²) in [7, 11) is 0. The molecule has 1 amide bonds. The van der Waals surface area contributed by atoms with E-state index >= 15 is 0 Å². The van der Waals surface area contributed by atoms with Gasteiger partial charge in [-0.25, -0.2) is 0 Å². The predicted molar refractivity (Wildman–Crippen MR) is 122 cm³/mol. The minimum absolute atomic E-state index is 0.0832. The van der Waals surface area contributed by atoms with Crippen LogP contribution in [-0.2, 0) is 23.5 Å². The van der Waals surface area contributed by atoms with Crippen LogP contribution in [-0.4, -0.2) is 41.4 Å². The number of nitrogens with one attached hydrogen (secondary N) is 1. The number of amides is 1. The lowest BCUT2D eigenvalue weighted by Gasteiger charge is -2.30. The number of halogens is 5. The monoisotopic (exact) mass is 523 g/mol. The maximum absolute atomic E-state index is 14.2. The van der Waals surface area contributed by atoms with E-state index in [-0.39, 0.29) is 27.4 Å². The first-order chi connectivity index (χ1) is 15.1. The van der Waals surface area contributed by atoms with Crippen molar-refractivity contribution in [2.24, 2.45) is 5.16 Å².